The van der Waals surface area contributed by atoms with Crippen molar-refractivity contribution in [3.63, 3.8) is 0 Å². The zero-order chi connectivity index (χ0) is 25.2. The monoisotopic (exact) mass is 477 g/mol. The Morgan fingerprint density at radius 2 is 0.838 bits per heavy atom. The van der Waals surface area contributed by atoms with Gasteiger partial charge in [0.15, 0.2) is 12.6 Å². The Balaban J connectivity index is 1.25. The standard InChI is InChI=1S/C34H23NO2/c36-21-33-29-7-3-1-5-23(29)13-19-31(33)25-9-15-27(16-10-25)35-28-17-11-26(12-18-28)32-20-14-24-6-2-4-8-30(24)34(32)22-37/h1-22,35H. The molecule has 0 aromatic heterocycles. The first-order valence-electron chi connectivity index (χ1n) is 12.2. The molecule has 6 aromatic rings. The molecule has 3 nitrogen and oxygen atoms in total. The van der Waals surface area contributed by atoms with E-state index in [1.807, 2.05) is 109 Å². The number of rotatable bonds is 6. The first-order valence-corrected chi connectivity index (χ1v) is 12.2. The molecule has 0 saturated heterocycles. The normalized spacial score (nSPS) is 10.9. The average Bonchev–Trinajstić information content (AvgIpc) is 2.97. The van der Waals surface area contributed by atoms with E-state index in [1.54, 1.807) is 0 Å². The summed E-state index contributed by atoms with van der Waals surface area (Å²) in [5.41, 5.74) is 7.14. The zero-order valence-corrected chi connectivity index (χ0v) is 20.0. The second-order valence-corrected chi connectivity index (χ2v) is 9.01. The Hall–Kier alpha value is -5.02. The predicted molar refractivity (Wildman–Crippen MR) is 153 cm³/mol. The van der Waals surface area contributed by atoms with Gasteiger partial charge in [0.1, 0.15) is 0 Å². The van der Waals surface area contributed by atoms with E-state index in [0.29, 0.717) is 11.1 Å². The Labute approximate surface area is 215 Å². The molecule has 0 bridgehead atoms. The van der Waals surface area contributed by atoms with Crippen molar-refractivity contribution in [3.8, 4) is 22.3 Å². The maximum absolute atomic E-state index is 11.9. The lowest BCUT2D eigenvalue weighted by Crippen LogP contribution is -1.93. The Bertz CT molecular complexity index is 1630. The Morgan fingerprint density at radius 1 is 0.432 bits per heavy atom. The van der Waals surface area contributed by atoms with Crippen LogP contribution >= 0.6 is 0 Å². The fourth-order valence-corrected chi connectivity index (χ4v) is 4.98. The third-order valence-corrected chi connectivity index (χ3v) is 6.86. The highest BCUT2D eigenvalue weighted by Crippen LogP contribution is 2.32. The van der Waals surface area contributed by atoms with Gasteiger partial charge in [-0.05, 0) is 68.1 Å². The lowest BCUT2D eigenvalue weighted by atomic mass is 9.94. The van der Waals surface area contributed by atoms with Crippen LogP contribution in [0.2, 0.25) is 0 Å². The molecule has 6 rings (SSSR count). The van der Waals surface area contributed by atoms with Gasteiger partial charge in [0.2, 0.25) is 0 Å². The van der Waals surface area contributed by atoms with Gasteiger partial charge in [0.05, 0.1) is 0 Å². The third kappa shape index (κ3) is 4.17. The molecule has 0 spiro atoms. The van der Waals surface area contributed by atoms with E-state index in [0.717, 1.165) is 67.7 Å². The van der Waals surface area contributed by atoms with Crippen molar-refractivity contribution >= 4 is 45.5 Å². The van der Waals surface area contributed by atoms with Gasteiger partial charge in [-0.15, -0.1) is 0 Å². The van der Waals surface area contributed by atoms with Crippen LogP contribution in [-0.2, 0) is 0 Å². The molecule has 0 radical (unpaired) electrons. The van der Waals surface area contributed by atoms with Crippen LogP contribution in [0.1, 0.15) is 20.7 Å². The van der Waals surface area contributed by atoms with Crippen molar-refractivity contribution in [3.05, 3.63) is 132 Å². The molecule has 0 unspecified atom stereocenters. The molecule has 0 fully saturated rings. The second-order valence-electron chi connectivity index (χ2n) is 9.01. The van der Waals surface area contributed by atoms with Crippen LogP contribution in [0, 0.1) is 0 Å². The number of aldehydes is 2. The van der Waals surface area contributed by atoms with Crippen molar-refractivity contribution in [2.75, 3.05) is 5.32 Å². The Kier molecular flexibility index (Phi) is 5.80. The van der Waals surface area contributed by atoms with Gasteiger partial charge in [0, 0.05) is 22.5 Å². The summed E-state index contributed by atoms with van der Waals surface area (Å²) in [5.74, 6) is 0. The molecule has 0 aliphatic carbocycles. The average molecular weight is 478 g/mol. The summed E-state index contributed by atoms with van der Waals surface area (Å²) >= 11 is 0. The van der Waals surface area contributed by atoms with Gasteiger partial charge < -0.3 is 5.32 Å². The Morgan fingerprint density at radius 3 is 1.24 bits per heavy atom. The lowest BCUT2D eigenvalue weighted by Gasteiger charge is -2.12. The highest BCUT2D eigenvalue weighted by molar-refractivity contribution is 6.05. The fourth-order valence-electron chi connectivity index (χ4n) is 4.98. The number of carbonyl (C=O) groups is 2. The maximum Gasteiger partial charge on any atom is 0.151 e. The van der Waals surface area contributed by atoms with Crippen LogP contribution in [0.5, 0.6) is 0 Å². The summed E-state index contributed by atoms with van der Waals surface area (Å²) in [5, 5.41) is 7.47. The maximum atomic E-state index is 11.9. The molecule has 3 heteroatoms. The molecule has 6 aromatic carbocycles. The van der Waals surface area contributed by atoms with Crippen LogP contribution in [-0.4, -0.2) is 12.6 Å². The summed E-state index contributed by atoms with van der Waals surface area (Å²) in [6.45, 7) is 0. The number of benzene rings is 6. The zero-order valence-electron chi connectivity index (χ0n) is 20.0. The van der Waals surface area contributed by atoms with E-state index in [9.17, 15) is 9.59 Å². The molecule has 0 saturated carbocycles. The topological polar surface area (TPSA) is 46.2 Å². The largest absolute Gasteiger partial charge is 0.356 e. The fraction of sp³-hybridized carbons (Fsp3) is 0. The van der Waals surface area contributed by atoms with Crippen molar-refractivity contribution in [1.82, 2.24) is 0 Å². The van der Waals surface area contributed by atoms with Crippen LogP contribution < -0.4 is 5.32 Å². The number of hydrogen-bond acceptors (Lipinski definition) is 3. The number of nitrogens with one attached hydrogen (secondary N) is 1. The molecule has 0 amide bonds. The summed E-state index contributed by atoms with van der Waals surface area (Å²) in [6, 6.07) is 40.2. The van der Waals surface area contributed by atoms with Crippen LogP contribution in [0.25, 0.3) is 43.8 Å². The first kappa shape index (κ1) is 22.4. The van der Waals surface area contributed by atoms with Gasteiger partial charge in [-0.1, -0.05) is 97.1 Å². The second kappa shape index (κ2) is 9.56. The van der Waals surface area contributed by atoms with Gasteiger partial charge in [0.25, 0.3) is 0 Å². The molecule has 37 heavy (non-hydrogen) atoms. The van der Waals surface area contributed by atoms with Gasteiger partial charge in [-0.2, -0.15) is 0 Å². The van der Waals surface area contributed by atoms with Crippen molar-refractivity contribution in [2.45, 2.75) is 0 Å². The summed E-state index contributed by atoms with van der Waals surface area (Å²) < 4.78 is 0. The number of hydrogen-bond donors (Lipinski definition) is 1. The predicted octanol–water partition coefficient (Wildman–Crippen LogP) is 8.70. The summed E-state index contributed by atoms with van der Waals surface area (Å²) in [6.07, 6.45) is 1.88. The SMILES string of the molecule is O=Cc1c(-c2ccc(Nc3ccc(-c4ccc5ccccc5c4C=O)cc3)cc2)ccc2ccccc12. The first-order chi connectivity index (χ1) is 18.2. The third-order valence-electron chi connectivity index (χ3n) is 6.86. The van der Waals surface area contributed by atoms with E-state index in [2.05, 4.69) is 17.4 Å². The molecule has 1 N–H and O–H groups in total. The van der Waals surface area contributed by atoms with Crippen molar-refractivity contribution in [2.24, 2.45) is 0 Å². The number of fused-ring (bicyclic) bond motifs is 2. The summed E-state index contributed by atoms with van der Waals surface area (Å²) in [7, 11) is 0. The number of carbonyl (C=O) groups excluding carboxylic acids is 2. The molecule has 0 aliphatic heterocycles. The summed E-state index contributed by atoms with van der Waals surface area (Å²) in [4.78, 5) is 23.9. The molecule has 0 atom stereocenters. The van der Waals surface area contributed by atoms with Crippen molar-refractivity contribution < 1.29 is 9.59 Å². The molecular weight excluding hydrogens is 454 g/mol. The minimum absolute atomic E-state index is 0.706. The van der Waals surface area contributed by atoms with Gasteiger partial charge >= 0.3 is 0 Å². The molecule has 0 aliphatic rings. The van der Waals surface area contributed by atoms with Gasteiger partial charge in [-0.3, -0.25) is 9.59 Å². The van der Waals surface area contributed by atoms with Crippen LogP contribution in [0.4, 0.5) is 11.4 Å². The van der Waals surface area contributed by atoms with Gasteiger partial charge in [-0.25, -0.2) is 0 Å². The minimum Gasteiger partial charge on any atom is -0.356 e. The van der Waals surface area contributed by atoms with Crippen molar-refractivity contribution in [1.29, 1.82) is 0 Å². The lowest BCUT2D eigenvalue weighted by molar-refractivity contribution is 0.111. The quantitative estimate of drug-likeness (QED) is 0.244. The molecule has 176 valence electrons. The van der Waals surface area contributed by atoms with E-state index in [1.165, 1.54) is 0 Å². The highest BCUT2D eigenvalue weighted by Gasteiger charge is 2.10. The van der Waals surface area contributed by atoms with E-state index in [4.69, 9.17) is 0 Å². The van der Waals surface area contributed by atoms with E-state index < -0.39 is 0 Å². The van der Waals surface area contributed by atoms with E-state index in [-0.39, 0.29) is 0 Å². The van der Waals surface area contributed by atoms with Crippen LogP contribution in [0.15, 0.2) is 121 Å². The number of anilines is 2. The molecular formula is C34H23NO2. The highest BCUT2D eigenvalue weighted by atomic mass is 16.1. The molecule has 0 heterocycles. The van der Waals surface area contributed by atoms with E-state index >= 15 is 0 Å². The van der Waals surface area contributed by atoms with Crippen LogP contribution in [0.3, 0.4) is 0 Å². The smallest absolute Gasteiger partial charge is 0.151 e. The minimum atomic E-state index is 0.706.